The number of amidine groups is 1. The molecule has 0 spiro atoms. The van der Waals surface area contributed by atoms with Gasteiger partial charge in [-0.2, -0.15) is 0 Å². The zero-order valence-corrected chi connectivity index (χ0v) is 32.0. The summed E-state index contributed by atoms with van der Waals surface area (Å²) in [4.78, 5) is 20.3. The third-order valence-electron chi connectivity index (χ3n) is 9.54. The van der Waals surface area contributed by atoms with Crippen LogP contribution in [0.25, 0.3) is 55.8 Å². The van der Waals surface area contributed by atoms with Gasteiger partial charge >= 0.3 is 0 Å². The van der Waals surface area contributed by atoms with Crippen molar-refractivity contribution in [3.8, 4) is 45.3 Å². The highest BCUT2D eigenvalue weighted by molar-refractivity contribution is 14.2. The first-order valence-electron chi connectivity index (χ1n) is 18.3. The summed E-state index contributed by atoms with van der Waals surface area (Å²) < 4.78 is 14.9. The number of benzene rings is 7. The Labute approximate surface area is 333 Å². The van der Waals surface area contributed by atoms with Crippen LogP contribution in [-0.4, -0.2) is 23.2 Å². The van der Waals surface area contributed by atoms with Gasteiger partial charge in [0.1, 0.15) is 35.6 Å². The topological polar surface area (TPSA) is 72.9 Å². The van der Waals surface area contributed by atoms with E-state index in [9.17, 15) is 0 Å². The zero-order valence-electron chi connectivity index (χ0n) is 29.9. The Morgan fingerprint density at radius 3 is 1.80 bits per heavy atom. The fraction of sp³-hybridized carbons (Fsp3) is 0. The second-order valence-electron chi connectivity index (χ2n) is 13.2. The van der Waals surface area contributed by atoms with Gasteiger partial charge in [0.2, 0.25) is 0 Å². The second-order valence-corrected chi connectivity index (χ2v) is 15.8. The van der Waals surface area contributed by atoms with Crippen molar-refractivity contribution in [3.63, 3.8) is 0 Å². The van der Waals surface area contributed by atoms with Crippen LogP contribution in [0.3, 0.4) is 0 Å². The number of aromatic nitrogens is 2. The van der Waals surface area contributed by atoms with E-state index >= 15 is 0 Å². The van der Waals surface area contributed by atoms with Gasteiger partial charge in [0.25, 0.3) is 0 Å². The molecule has 0 radical (unpaired) electrons. The standard InChI is InChI=1S/C49H31IN4O2/c1-4-13-32(14-5-1)33-23-25-36(26-24-33)49-53-46(35-17-8-3-9-18-35)50-47(54-49)38-19-12-20-40(31-38)55-39-29-27-37(28-30-39)48-51-43(34-15-6-2-7-16-34)45-44(52-48)41-21-10-11-22-42(41)56-45/h1-31H. The fourth-order valence-corrected chi connectivity index (χ4v) is 9.23. The van der Waals surface area contributed by atoms with E-state index in [2.05, 4.69) is 84.9 Å². The molecule has 0 saturated heterocycles. The Hall–Kier alpha value is -6.84. The largest absolute Gasteiger partial charge is 0.457 e. The molecule has 3 heterocycles. The van der Waals surface area contributed by atoms with E-state index in [1.807, 2.05) is 103 Å². The molecule has 56 heavy (non-hydrogen) atoms. The summed E-state index contributed by atoms with van der Waals surface area (Å²) in [5.74, 6) is 2.77. The van der Waals surface area contributed by atoms with Gasteiger partial charge in [-0.3, -0.25) is 0 Å². The zero-order chi connectivity index (χ0) is 37.3. The first kappa shape index (κ1) is 33.7. The summed E-state index contributed by atoms with van der Waals surface area (Å²) >= 11 is -0.679. The quantitative estimate of drug-likeness (QED) is 0.143. The van der Waals surface area contributed by atoms with Gasteiger partial charge in [-0.25, -0.2) is 20.0 Å². The van der Waals surface area contributed by atoms with Crippen molar-refractivity contribution in [1.82, 2.24) is 9.97 Å². The van der Waals surface area contributed by atoms with Crippen molar-refractivity contribution in [2.45, 2.75) is 0 Å². The number of aliphatic imine (C=N–C) groups is 2. The summed E-state index contributed by atoms with van der Waals surface area (Å²) in [6, 6.07) is 63.5. The molecule has 0 N–H and O–H groups in total. The maximum absolute atomic E-state index is 6.45. The minimum Gasteiger partial charge on any atom is -0.457 e. The highest BCUT2D eigenvalue weighted by Crippen LogP contribution is 2.36. The van der Waals surface area contributed by atoms with Gasteiger partial charge in [0.05, 0.1) is 0 Å². The lowest BCUT2D eigenvalue weighted by molar-refractivity contribution is 0.482. The minimum absolute atomic E-state index is 0.619. The molecule has 1 aliphatic rings. The summed E-state index contributed by atoms with van der Waals surface area (Å²) in [5.41, 5.74) is 10.3. The molecule has 0 fully saturated rings. The van der Waals surface area contributed by atoms with E-state index in [1.165, 1.54) is 5.56 Å². The van der Waals surface area contributed by atoms with Crippen molar-refractivity contribution < 1.29 is 9.15 Å². The number of para-hydroxylation sites is 1. The van der Waals surface area contributed by atoms with Crippen molar-refractivity contribution in [1.29, 1.82) is 0 Å². The van der Waals surface area contributed by atoms with Crippen LogP contribution in [0.4, 0.5) is 0 Å². The molecule has 0 aliphatic carbocycles. The number of hydrogen-bond acceptors (Lipinski definition) is 6. The molecule has 10 rings (SSSR count). The molecule has 266 valence electrons. The van der Waals surface area contributed by atoms with Crippen LogP contribution in [0.15, 0.2) is 202 Å². The number of nitrogens with zero attached hydrogens (tertiary/aromatic N) is 4. The van der Waals surface area contributed by atoms with E-state index in [0.717, 1.165) is 68.7 Å². The van der Waals surface area contributed by atoms with E-state index in [-0.39, 0.29) is 0 Å². The molecule has 9 aromatic rings. The van der Waals surface area contributed by atoms with Crippen molar-refractivity contribution >= 4 is 56.0 Å². The number of furan rings is 1. The molecule has 0 unspecified atom stereocenters. The third kappa shape index (κ3) is 6.73. The molecule has 0 amide bonds. The maximum atomic E-state index is 6.45. The summed E-state index contributed by atoms with van der Waals surface area (Å²) in [6.07, 6.45) is 0. The van der Waals surface area contributed by atoms with Gasteiger partial charge in [0.15, 0.2) is 17.2 Å². The molecule has 2 aromatic heterocycles. The Morgan fingerprint density at radius 2 is 1.05 bits per heavy atom. The normalized spacial score (nSPS) is 12.8. The highest BCUT2D eigenvalue weighted by atomic mass is 127. The van der Waals surface area contributed by atoms with Crippen LogP contribution in [0.2, 0.25) is 0 Å². The van der Waals surface area contributed by atoms with Crippen molar-refractivity contribution in [2.24, 2.45) is 9.98 Å². The third-order valence-corrected chi connectivity index (χ3v) is 12.3. The molecule has 0 atom stereocenters. The van der Waals surface area contributed by atoms with E-state index in [1.54, 1.807) is 0 Å². The Bertz CT molecular complexity index is 2960. The number of hydrogen-bond donors (Lipinski definition) is 0. The first-order valence-corrected chi connectivity index (χ1v) is 20.4. The van der Waals surface area contributed by atoms with E-state index in [4.69, 9.17) is 29.1 Å². The molecule has 6 nitrogen and oxygen atoms in total. The Morgan fingerprint density at radius 1 is 0.446 bits per heavy atom. The molecule has 7 aromatic carbocycles. The highest BCUT2D eigenvalue weighted by Gasteiger charge is 2.19. The van der Waals surface area contributed by atoms with Crippen LogP contribution in [-0.2, 0) is 0 Å². The van der Waals surface area contributed by atoms with Gasteiger partial charge in [-0.05, 0) is 80.4 Å². The molecule has 0 bridgehead atoms. The fourth-order valence-electron chi connectivity index (χ4n) is 6.73. The lowest BCUT2D eigenvalue weighted by atomic mass is 10.0. The lowest BCUT2D eigenvalue weighted by Gasteiger charge is -2.14. The summed E-state index contributed by atoms with van der Waals surface area (Å²) in [5, 5.41) is 0.959. The minimum atomic E-state index is -0.679. The predicted octanol–water partition coefficient (Wildman–Crippen LogP) is 12.5. The van der Waals surface area contributed by atoms with Crippen molar-refractivity contribution in [3.05, 3.63) is 205 Å². The van der Waals surface area contributed by atoms with Gasteiger partial charge in [-0.1, -0.05) is 140 Å². The summed E-state index contributed by atoms with van der Waals surface area (Å²) in [6.45, 7) is 0. The van der Waals surface area contributed by atoms with Crippen LogP contribution >= 0.6 is 20.7 Å². The smallest absolute Gasteiger partial charge is 0.180 e. The number of ether oxygens (including phenoxy) is 1. The van der Waals surface area contributed by atoms with E-state index < -0.39 is 20.7 Å². The SMILES string of the molecule is c1ccc(C2=IC(c3cccc(Oc4ccc(-c5nc(-c6ccccc6)c6oc7ccccc7c6n5)cc4)c3)=NC(c3ccc(-c4ccccc4)cc3)=N2)cc1. The Kier molecular flexibility index (Phi) is 8.89. The van der Waals surface area contributed by atoms with Crippen LogP contribution in [0, 0.1) is 0 Å². The van der Waals surface area contributed by atoms with Gasteiger partial charge in [-0.15, -0.1) is 0 Å². The summed E-state index contributed by atoms with van der Waals surface area (Å²) in [7, 11) is 0. The van der Waals surface area contributed by atoms with Crippen LogP contribution < -0.4 is 4.74 Å². The molecular formula is C49H31IN4O2. The maximum Gasteiger partial charge on any atom is 0.180 e. The van der Waals surface area contributed by atoms with Crippen LogP contribution in [0.1, 0.15) is 16.7 Å². The number of fused-ring (bicyclic) bond motifs is 3. The predicted molar refractivity (Wildman–Crippen MR) is 236 cm³/mol. The second kappa shape index (κ2) is 14.8. The van der Waals surface area contributed by atoms with Crippen LogP contribution in [0.5, 0.6) is 11.5 Å². The number of halogens is 1. The molecule has 7 heteroatoms. The molecular weight excluding hydrogens is 803 g/mol. The monoisotopic (exact) mass is 834 g/mol. The Balaban J connectivity index is 0.953. The average molecular weight is 835 g/mol. The molecule has 1 aliphatic heterocycles. The van der Waals surface area contributed by atoms with Crippen molar-refractivity contribution in [2.75, 3.05) is 0 Å². The van der Waals surface area contributed by atoms with E-state index in [0.29, 0.717) is 23.0 Å². The van der Waals surface area contributed by atoms with Gasteiger partial charge in [0, 0.05) is 33.2 Å². The molecule has 0 saturated carbocycles. The van der Waals surface area contributed by atoms with Gasteiger partial charge < -0.3 is 9.15 Å². The number of rotatable bonds is 8. The average Bonchev–Trinajstić information content (AvgIpc) is 3.66. The lowest BCUT2D eigenvalue weighted by Crippen LogP contribution is -2.11. The first-order chi connectivity index (χ1) is 27.7.